The van der Waals surface area contributed by atoms with Crippen molar-refractivity contribution >= 4 is 5.91 Å². The van der Waals surface area contributed by atoms with Crippen LogP contribution in [0, 0.1) is 6.92 Å². The second-order valence-corrected chi connectivity index (χ2v) is 4.36. The molecule has 0 unspecified atom stereocenters. The number of nitrogens with zero attached hydrogens (tertiary/aromatic N) is 1. The van der Waals surface area contributed by atoms with E-state index in [2.05, 4.69) is 15.6 Å². The summed E-state index contributed by atoms with van der Waals surface area (Å²) in [5.74, 6) is 5.68. The van der Waals surface area contributed by atoms with Crippen molar-refractivity contribution in [2.75, 3.05) is 27.2 Å². The lowest BCUT2D eigenvalue weighted by Gasteiger charge is -2.15. The van der Waals surface area contributed by atoms with E-state index in [-0.39, 0.29) is 5.76 Å². The molecule has 0 aliphatic carbocycles. The third-order valence-corrected chi connectivity index (χ3v) is 2.78. The van der Waals surface area contributed by atoms with Gasteiger partial charge in [0.1, 0.15) is 5.76 Å². The Kier molecular flexibility index (Phi) is 5.84. The summed E-state index contributed by atoms with van der Waals surface area (Å²) >= 11 is 0. The molecule has 0 fully saturated rings. The fourth-order valence-electron chi connectivity index (χ4n) is 1.76. The Morgan fingerprint density at radius 1 is 1.56 bits per heavy atom. The Balaban J connectivity index is 2.56. The molecule has 18 heavy (non-hydrogen) atoms. The predicted octanol–water partition coefficient (Wildman–Crippen LogP) is 0.233. The smallest absolute Gasteiger partial charge is 0.300 e. The normalized spacial score (nSPS) is 10.9. The molecule has 4 N–H and O–H groups in total. The number of rotatable bonds is 7. The van der Waals surface area contributed by atoms with Crippen molar-refractivity contribution in [2.45, 2.75) is 19.9 Å². The Morgan fingerprint density at radius 3 is 2.89 bits per heavy atom. The average molecular weight is 254 g/mol. The SMILES string of the molecule is CNCCCN(C)Cc1cc(C(=O)NN)oc1C. The van der Waals surface area contributed by atoms with Crippen LogP contribution < -0.4 is 16.6 Å². The predicted molar refractivity (Wildman–Crippen MR) is 70.0 cm³/mol. The van der Waals surface area contributed by atoms with Crippen LogP contribution in [0.1, 0.15) is 28.3 Å². The maximum atomic E-state index is 11.3. The number of carbonyl (C=O) groups is 1. The molecular formula is C12H22N4O2. The van der Waals surface area contributed by atoms with Gasteiger partial charge in [0.15, 0.2) is 5.76 Å². The molecule has 1 aromatic rings. The maximum absolute atomic E-state index is 11.3. The van der Waals surface area contributed by atoms with Crippen LogP contribution in [0.2, 0.25) is 0 Å². The first kappa shape index (κ1) is 14.7. The van der Waals surface area contributed by atoms with Crippen LogP contribution in [-0.4, -0.2) is 38.0 Å². The van der Waals surface area contributed by atoms with E-state index in [1.54, 1.807) is 6.07 Å². The molecule has 0 aromatic carbocycles. The molecule has 1 rings (SSSR count). The number of hydrazine groups is 1. The van der Waals surface area contributed by atoms with Gasteiger partial charge in [-0.3, -0.25) is 10.2 Å². The molecule has 0 spiro atoms. The van der Waals surface area contributed by atoms with Crippen LogP contribution >= 0.6 is 0 Å². The lowest BCUT2D eigenvalue weighted by Crippen LogP contribution is -2.29. The summed E-state index contributed by atoms with van der Waals surface area (Å²) in [7, 11) is 3.99. The molecule has 6 heteroatoms. The fourth-order valence-corrected chi connectivity index (χ4v) is 1.76. The fraction of sp³-hybridized carbons (Fsp3) is 0.583. The molecule has 0 bridgehead atoms. The summed E-state index contributed by atoms with van der Waals surface area (Å²) in [4.78, 5) is 13.5. The van der Waals surface area contributed by atoms with E-state index < -0.39 is 5.91 Å². The molecule has 0 atom stereocenters. The number of nitrogens with two attached hydrogens (primary N) is 1. The number of aryl methyl sites for hydroxylation is 1. The minimum Gasteiger partial charge on any atom is -0.456 e. The molecule has 6 nitrogen and oxygen atoms in total. The van der Waals surface area contributed by atoms with E-state index in [1.807, 2.05) is 21.0 Å². The van der Waals surface area contributed by atoms with E-state index in [9.17, 15) is 4.79 Å². The molecule has 0 aliphatic heterocycles. The highest BCUT2D eigenvalue weighted by Crippen LogP contribution is 2.16. The van der Waals surface area contributed by atoms with Crippen LogP contribution in [0.5, 0.6) is 0 Å². The van der Waals surface area contributed by atoms with Crippen LogP contribution in [0.15, 0.2) is 10.5 Å². The number of nitrogens with one attached hydrogen (secondary N) is 2. The van der Waals surface area contributed by atoms with Gasteiger partial charge in [0, 0.05) is 12.1 Å². The third-order valence-electron chi connectivity index (χ3n) is 2.78. The molecular weight excluding hydrogens is 232 g/mol. The lowest BCUT2D eigenvalue weighted by molar-refractivity contribution is 0.0924. The molecule has 1 aromatic heterocycles. The van der Waals surface area contributed by atoms with Crippen molar-refractivity contribution in [3.8, 4) is 0 Å². The Morgan fingerprint density at radius 2 is 2.28 bits per heavy atom. The molecule has 102 valence electrons. The van der Waals surface area contributed by atoms with Crippen molar-refractivity contribution < 1.29 is 9.21 Å². The van der Waals surface area contributed by atoms with Gasteiger partial charge >= 0.3 is 5.91 Å². The molecule has 0 saturated heterocycles. The minimum atomic E-state index is -0.401. The van der Waals surface area contributed by atoms with Gasteiger partial charge in [-0.2, -0.15) is 0 Å². The van der Waals surface area contributed by atoms with Gasteiger partial charge in [0.25, 0.3) is 0 Å². The first-order chi connectivity index (χ1) is 8.58. The number of carbonyl (C=O) groups excluding carboxylic acids is 1. The largest absolute Gasteiger partial charge is 0.456 e. The van der Waals surface area contributed by atoms with Crippen molar-refractivity contribution in [3.05, 3.63) is 23.2 Å². The second-order valence-electron chi connectivity index (χ2n) is 4.36. The highest BCUT2D eigenvalue weighted by Gasteiger charge is 2.14. The van der Waals surface area contributed by atoms with Crippen molar-refractivity contribution in [2.24, 2.45) is 5.84 Å². The van der Waals surface area contributed by atoms with Crippen LogP contribution in [-0.2, 0) is 6.54 Å². The average Bonchev–Trinajstić information content (AvgIpc) is 2.70. The van der Waals surface area contributed by atoms with Gasteiger partial charge in [-0.25, -0.2) is 5.84 Å². The number of hydrogen-bond donors (Lipinski definition) is 3. The highest BCUT2D eigenvalue weighted by atomic mass is 16.4. The van der Waals surface area contributed by atoms with Crippen molar-refractivity contribution in [1.82, 2.24) is 15.6 Å². The van der Waals surface area contributed by atoms with Crippen LogP contribution in [0.25, 0.3) is 0 Å². The van der Waals surface area contributed by atoms with Gasteiger partial charge in [0.2, 0.25) is 0 Å². The van der Waals surface area contributed by atoms with Gasteiger partial charge in [-0.05, 0) is 46.6 Å². The molecule has 1 amide bonds. The zero-order valence-corrected chi connectivity index (χ0v) is 11.2. The first-order valence-electron chi connectivity index (χ1n) is 6.02. The number of amides is 1. The first-order valence-corrected chi connectivity index (χ1v) is 6.02. The summed E-state index contributed by atoms with van der Waals surface area (Å²) in [5, 5.41) is 3.11. The van der Waals surface area contributed by atoms with E-state index in [0.717, 1.165) is 37.4 Å². The standard InChI is InChI=1S/C12H22N4O2/c1-9-10(7-11(18-9)12(17)15-13)8-16(3)6-4-5-14-2/h7,14H,4-6,8,13H2,1-3H3,(H,15,17). The number of nitrogen functional groups attached to an aromatic ring is 1. The number of furan rings is 1. The third kappa shape index (κ3) is 4.14. The summed E-state index contributed by atoms with van der Waals surface area (Å²) in [6, 6.07) is 1.74. The topological polar surface area (TPSA) is 83.5 Å². The van der Waals surface area contributed by atoms with Crippen LogP contribution in [0.4, 0.5) is 0 Å². The lowest BCUT2D eigenvalue weighted by atomic mass is 10.2. The zero-order chi connectivity index (χ0) is 13.5. The summed E-state index contributed by atoms with van der Waals surface area (Å²) in [6.45, 7) is 4.60. The van der Waals surface area contributed by atoms with Gasteiger partial charge < -0.3 is 14.6 Å². The Labute approximate surface area is 107 Å². The summed E-state index contributed by atoms with van der Waals surface area (Å²) in [5.41, 5.74) is 3.08. The van der Waals surface area contributed by atoms with Crippen molar-refractivity contribution in [1.29, 1.82) is 0 Å². The second kappa shape index (κ2) is 7.15. The van der Waals surface area contributed by atoms with E-state index >= 15 is 0 Å². The molecule has 1 heterocycles. The van der Waals surface area contributed by atoms with Crippen molar-refractivity contribution in [3.63, 3.8) is 0 Å². The Bertz CT molecular complexity index is 389. The Hall–Kier alpha value is -1.37. The quantitative estimate of drug-likeness (QED) is 0.281. The summed E-state index contributed by atoms with van der Waals surface area (Å²) < 4.78 is 5.36. The van der Waals surface area contributed by atoms with Gasteiger partial charge in [0.05, 0.1) is 0 Å². The van der Waals surface area contributed by atoms with E-state index in [1.165, 1.54) is 0 Å². The monoisotopic (exact) mass is 254 g/mol. The van der Waals surface area contributed by atoms with E-state index in [4.69, 9.17) is 10.3 Å². The molecule has 0 aliphatic rings. The van der Waals surface area contributed by atoms with Gasteiger partial charge in [-0.15, -0.1) is 0 Å². The summed E-state index contributed by atoms with van der Waals surface area (Å²) in [6.07, 6.45) is 1.08. The van der Waals surface area contributed by atoms with Gasteiger partial charge in [-0.1, -0.05) is 0 Å². The number of hydrogen-bond acceptors (Lipinski definition) is 5. The van der Waals surface area contributed by atoms with Crippen LogP contribution in [0.3, 0.4) is 0 Å². The molecule has 0 radical (unpaired) electrons. The van der Waals surface area contributed by atoms with E-state index in [0.29, 0.717) is 0 Å². The molecule has 0 saturated carbocycles. The highest BCUT2D eigenvalue weighted by molar-refractivity contribution is 5.91. The maximum Gasteiger partial charge on any atom is 0.300 e. The zero-order valence-electron chi connectivity index (χ0n) is 11.2. The minimum absolute atomic E-state index is 0.258.